The number of amides is 1. The van der Waals surface area contributed by atoms with E-state index in [0.29, 0.717) is 12.1 Å². The van der Waals surface area contributed by atoms with Crippen LogP contribution in [-0.4, -0.2) is 19.5 Å². The van der Waals surface area contributed by atoms with E-state index in [1.54, 1.807) is 0 Å². The van der Waals surface area contributed by atoms with Gasteiger partial charge in [0.25, 0.3) is 5.91 Å². The standard InChI is InChI=1S/C11H17N3O.3H2/c1-3-13-11(15)10-6-4-9(5-7-10)8-14-12-2;;;/h4-7,12,14H,3,8H2,1-2H3,(H,13,15);3*1H. The fraction of sp³-hybridized carbons (Fsp3) is 0.364. The fourth-order valence-corrected chi connectivity index (χ4v) is 1.23. The van der Waals surface area contributed by atoms with Gasteiger partial charge in [0.2, 0.25) is 0 Å². The Morgan fingerprint density at radius 1 is 1.33 bits per heavy atom. The first-order chi connectivity index (χ1) is 7.27. The Morgan fingerprint density at radius 2 is 2.00 bits per heavy atom. The third kappa shape index (κ3) is 3.69. The monoisotopic (exact) mass is 213 g/mol. The van der Waals surface area contributed by atoms with Gasteiger partial charge in [-0.3, -0.25) is 15.6 Å². The number of carbonyl (C=O) groups excluding carboxylic acids is 1. The molecule has 0 radical (unpaired) electrons. The maximum atomic E-state index is 11.4. The van der Waals surface area contributed by atoms with Crippen LogP contribution in [0.1, 0.15) is 27.1 Å². The lowest BCUT2D eigenvalue weighted by Gasteiger charge is -2.05. The predicted octanol–water partition coefficient (Wildman–Crippen LogP) is 1.40. The minimum absolute atomic E-state index is 0. The molecule has 0 heterocycles. The van der Waals surface area contributed by atoms with E-state index in [2.05, 4.69) is 16.2 Å². The van der Waals surface area contributed by atoms with E-state index in [1.165, 1.54) is 0 Å². The molecule has 0 saturated carbocycles. The Kier molecular flexibility index (Phi) is 4.80. The van der Waals surface area contributed by atoms with Crippen LogP contribution in [0.5, 0.6) is 0 Å². The van der Waals surface area contributed by atoms with Gasteiger partial charge in [0.05, 0.1) is 0 Å². The zero-order valence-electron chi connectivity index (χ0n) is 9.13. The van der Waals surface area contributed by atoms with E-state index in [9.17, 15) is 4.79 Å². The molecule has 3 N–H and O–H groups in total. The number of hydrogen-bond donors (Lipinski definition) is 3. The van der Waals surface area contributed by atoms with Crippen LogP contribution in [0.15, 0.2) is 24.3 Å². The van der Waals surface area contributed by atoms with Gasteiger partial charge in [-0.25, -0.2) is 0 Å². The smallest absolute Gasteiger partial charge is 0.251 e. The predicted molar refractivity (Wildman–Crippen MR) is 66.7 cm³/mol. The van der Waals surface area contributed by atoms with Crippen molar-refractivity contribution in [2.24, 2.45) is 0 Å². The van der Waals surface area contributed by atoms with Crippen molar-refractivity contribution in [2.75, 3.05) is 13.6 Å². The average molecular weight is 213 g/mol. The molecule has 15 heavy (non-hydrogen) atoms. The number of hydrazine groups is 1. The van der Waals surface area contributed by atoms with Crippen molar-refractivity contribution in [1.29, 1.82) is 0 Å². The minimum Gasteiger partial charge on any atom is -0.352 e. The maximum absolute atomic E-state index is 11.4. The Bertz CT molecular complexity index is 320. The van der Waals surface area contributed by atoms with E-state index in [4.69, 9.17) is 0 Å². The minimum atomic E-state index is -0.0226. The summed E-state index contributed by atoms with van der Waals surface area (Å²) in [6.45, 7) is 3.30. The molecule has 4 heteroatoms. The van der Waals surface area contributed by atoms with E-state index in [1.807, 2.05) is 38.2 Å². The van der Waals surface area contributed by atoms with Crippen molar-refractivity contribution in [2.45, 2.75) is 13.5 Å². The highest BCUT2D eigenvalue weighted by molar-refractivity contribution is 5.94. The number of nitrogens with one attached hydrogen (secondary N) is 3. The van der Waals surface area contributed by atoms with Crippen LogP contribution in [-0.2, 0) is 6.54 Å². The van der Waals surface area contributed by atoms with Crippen molar-refractivity contribution in [3.63, 3.8) is 0 Å². The highest BCUT2D eigenvalue weighted by atomic mass is 16.1. The second-order valence-electron chi connectivity index (χ2n) is 3.16. The summed E-state index contributed by atoms with van der Waals surface area (Å²) in [5, 5.41) is 2.76. The van der Waals surface area contributed by atoms with Gasteiger partial charge >= 0.3 is 0 Å². The van der Waals surface area contributed by atoms with Crippen molar-refractivity contribution in [3.05, 3.63) is 35.4 Å². The van der Waals surface area contributed by atoms with Crippen LogP contribution in [0.25, 0.3) is 0 Å². The molecule has 1 aromatic rings. The molecule has 0 saturated heterocycles. The summed E-state index contributed by atoms with van der Waals surface area (Å²) in [5.41, 5.74) is 7.67. The Morgan fingerprint density at radius 3 is 2.53 bits per heavy atom. The van der Waals surface area contributed by atoms with Gasteiger partial charge in [0, 0.05) is 22.9 Å². The summed E-state index contributed by atoms with van der Waals surface area (Å²) in [7, 11) is 1.82. The first-order valence-electron chi connectivity index (χ1n) is 5.04. The molecule has 0 unspecified atom stereocenters. The van der Waals surface area contributed by atoms with Gasteiger partial charge < -0.3 is 5.32 Å². The van der Waals surface area contributed by atoms with Gasteiger partial charge in [0.1, 0.15) is 0 Å². The van der Waals surface area contributed by atoms with Crippen LogP contribution in [0.4, 0.5) is 0 Å². The third-order valence-electron chi connectivity index (χ3n) is 2.02. The number of rotatable bonds is 5. The summed E-state index contributed by atoms with van der Waals surface area (Å²) in [5.74, 6) is -0.0226. The molecule has 0 aliphatic heterocycles. The molecule has 1 amide bonds. The lowest BCUT2D eigenvalue weighted by molar-refractivity contribution is 0.0956. The van der Waals surface area contributed by atoms with Crippen molar-refractivity contribution >= 4 is 5.91 Å². The van der Waals surface area contributed by atoms with Crippen molar-refractivity contribution < 1.29 is 9.07 Å². The lowest BCUT2D eigenvalue weighted by atomic mass is 10.1. The average Bonchev–Trinajstić information content (AvgIpc) is 2.27. The Labute approximate surface area is 94.5 Å². The SMILES string of the molecule is CCNC(=O)c1ccc(CNNC)cc1.[HH].[HH].[HH]. The molecule has 1 aromatic carbocycles. The zero-order chi connectivity index (χ0) is 11.1. The second kappa shape index (κ2) is 6.16. The van der Waals surface area contributed by atoms with Gasteiger partial charge in [-0.2, -0.15) is 0 Å². The highest BCUT2D eigenvalue weighted by Crippen LogP contribution is 2.03. The summed E-state index contributed by atoms with van der Waals surface area (Å²) >= 11 is 0. The zero-order valence-corrected chi connectivity index (χ0v) is 9.13. The van der Waals surface area contributed by atoms with Gasteiger partial charge in [-0.05, 0) is 31.7 Å². The largest absolute Gasteiger partial charge is 0.352 e. The van der Waals surface area contributed by atoms with Gasteiger partial charge in [-0.15, -0.1) is 0 Å². The molecule has 4 nitrogen and oxygen atoms in total. The number of benzene rings is 1. The van der Waals surface area contributed by atoms with E-state index >= 15 is 0 Å². The van der Waals surface area contributed by atoms with Crippen LogP contribution in [0.2, 0.25) is 0 Å². The summed E-state index contributed by atoms with van der Waals surface area (Å²) in [6.07, 6.45) is 0. The lowest BCUT2D eigenvalue weighted by Crippen LogP contribution is -2.26. The Balaban J connectivity index is -0.000000750. The number of hydrogen-bond acceptors (Lipinski definition) is 3. The highest BCUT2D eigenvalue weighted by Gasteiger charge is 2.02. The molecular weight excluding hydrogens is 190 g/mol. The maximum Gasteiger partial charge on any atom is 0.251 e. The molecule has 0 spiro atoms. The molecule has 88 valence electrons. The first-order valence-corrected chi connectivity index (χ1v) is 5.04. The summed E-state index contributed by atoms with van der Waals surface area (Å²) in [4.78, 5) is 11.4. The summed E-state index contributed by atoms with van der Waals surface area (Å²) < 4.78 is 0. The molecule has 0 aliphatic rings. The molecule has 0 aromatic heterocycles. The van der Waals surface area contributed by atoms with Gasteiger partial charge in [0.15, 0.2) is 0 Å². The van der Waals surface area contributed by atoms with E-state index < -0.39 is 0 Å². The van der Waals surface area contributed by atoms with Crippen LogP contribution in [0, 0.1) is 0 Å². The van der Waals surface area contributed by atoms with Crippen LogP contribution >= 0.6 is 0 Å². The van der Waals surface area contributed by atoms with Crippen LogP contribution in [0.3, 0.4) is 0 Å². The Hall–Kier alpha value is -1.39. The number of carbonyl (C=O) groups is 1. The normalized spacial score (nSPS) is 10.0. The van der Waals surface area contributed by atoms with Crippen molar-refractivity contribution in [3.8, 4) is 0 Å². The van der Waals surface area contributed by atoms with Crippen molar-refractivity contribution in [1.82, 2.24) is 16.2 Å². The molecule has 0 fully saturated rings. The third-order valence-corrected chi connectivity index (χ3v) is 2.02. The van der Waals surface area contributed by atoms with Crippen LogP contribution < -0.4 is 16.2 Å². The second-order valence-corrected chi connectivity index (χ2v) is 3.16. The van der Waals surface area contributed by atoms with E-state index in [-0.39, 0.29) is 10.2 Å². The topological polar surface area (TPSA) is 53.2 Å². The molecule has 0 aliphatic carbocycles. The fourth-order valence-electron chi connectivity index (χ4n) is 1.23. The molecule has 1 rings (SSSR count). The van der Waals surface area contributed by atoms with Gasteiger partial charge in [-0.1, -0.05) is 12.1 Å². The summed E-state index contributed by atoms with van der Waals surface area (Å²) in [6, 6.07) is 7.54. The molecule has 0 atom stereocenters. The van der Waals surface area contributed by atoms with E-state index in [0.717, 1.165) is 12.1 Å². The first kappa shape index (κ1) is 11.7. The molecular formula is C11H23N3O. The molecule has 0 bridgehead atoms. The quantitative estimate of drug-likeness (QED) is 0.648.